The summed E-state index contributed by atoms with van der Waals surface area (Å²) in [4.78, 5) is 47.8. The first kappa shape index (κ1) is 16.3. The van der Waals surface area contributed by atoms with Gasteiger partial charge in [0.2, 0.25) is 11.8 Å². The van der Waals surface area contributed by atoms with Crippen LogP contribution in [0.25, 0.3) is 0 Å². The molecule has 1 aromatic rings. The summed E-state index contributed by atoms with van der Waals surface area (Å²) in [7, 11) is 0. The number of benzene rings is 1. The molecule has 2 unspecified atom stereocenters. The Bertz CT molecular complexity index is 733. The molecule has 2 aliphatic heterocycles. The molecule has 1 aromatic carbocycles. The smallest absolute Gasteiger partial charge is 0.331 e. The number of thioether (sulfide) groups is 1. The molecule has 2 aliphatic rings. The van der Waals surface area contributed by atoms with Gasteiger partial charge >= 0.3 is 5.97 Å². The molecule has 3 rings (SSSR count). The number of rotatable bonds is 5. The van der Waals surface area contributed by atoms with E-state index in [2.05, 4.69) is 5.32 Å². The molecule has 0 radical (unpaired) electrons. The maximum atomic E-state index is 12.3. The van der Waals surface area contributed by atoms with Crippen LogP contribution in [0.2, 0.25) is 0 Å². The zero-order valence-corrected chi connectivity index (χ0v) is 13.2. The van der Waals surface area contributed by atoms with Crippen LogP contribution in [-0.2, 0) is 25.6 Å². The number of β-lactam (4-membered cyclic amide) rings is 1. The summed E-state index contributed by atoms with van der Waals surface area (Å²) in [6.07, 6.45) is 0.580. The standard InChI is InChI=1S/C16H14N2O5S/c19-7-10-8-24-15-12(14(21)18(15)13(10)16(22)23)17-11(20)6-9-4-2-1-3-5-9/h1-5,7-8,12-13,15H,6H2,(H,17,20)(H,22,23)/t12?,13?,15-/m1/s1. The average Bonchev–Trinajstić information content (AvgIpc) is 2.58. The molecule has 1 saturated heterocycles. The number of carbonyl (C=O) groups excluding carboxylic acids is 3. The molecule has 1 fully saturated rings. The molecule has 2 amide bonds. The van der Waals surface area contributed by atoms with E-state index in [1.807, 2.05) is 30.3 Å². The largest absolute Gasteiger partial charge is 0.479 e. The molecule has 2 heterocycles. The maximum absolute atomic E-state index is 12.3. The summed E-state index contributed by atoms with van der Waals surface area (Å²) in [5.41, 5.74) is 0.854. The Hall–Kier alpha value is -2.61. The second-order valence-electron chi connectivity index (χ2n) is 5.46. The summed E-state index contributed by atoms with van der Waals surface area (Å²) < 4.78 is 0. The van der Waals surface area contributed by atoms with Gasteiger partial charge in [-0.05, 0) is 11.0 Å². The quantitative estimate of drug-likeness (QED) is 0.582. The van der Waals surface area contributed by atoms with Crippen LogP contribution in [0.5, 0.6) is 0 Å². The lowest BCUT2D eigenvalue weighted by atomic mass is 9.98. The van der Waals surface area contributed by atoms with Gasteiger partial charge in [-0.2, -0.15) is 0 Å². The van der Waals surface area contributed by atoms with Gasteiger partial charge in [0, 0.05) is 5.57 Å². The van der Waals surface area contributed by atoms with Crippen molar-refractivity contribution in [3.8, 4) is 0 Å². The Labute approximate surface area is 141 Å². The van der Waals surface area contributed by atoms with Gasteiger partial charge < -0.3 is 15.3 Å². The molecule has 3 atom stereocenters. The molecule has 24 heavy (non-hydrogen) atoms. The molecule has 0 spiro atoms. The van der Waals surface area contributed by atoms with Crippen LogP contribution in [0.3, 0.4) is 0 Å². The minimum absolute atomic E-state index is 0.0335. The number of aldehydes is 1. The number of amides is 2. The third kappa shape index (κ3) is 2.80. The summed E-state index contributed by atoms with van der Waals surface area (Å²) >= 11 is 1.16. The number of nitrogens with zero attached hydrogens (tertiary/aromatic N) is 1. The first-order valence-electron chi connectivity index (χ1n) is 7.22. The van der Waals surface area contributed by atoms with E-state index in [1.165, 1.54) is 5.41 Å². The summed E-state index contributed by atoms with van der Waals surface area (Å²) in [5, 5.41) is 12.8. The van der Waals surface area contributed by atoms with Crippen LogP contribution < -0.4 is 5.32 Å². The lowest BCUT2D eigenvalue weighted by Gasteiger charge is -2.50. The van der Waals surface area contributed by atoms with Crippen LogP contribution in [-0.4, -0.2) is 51.5 Å². The molecule has 7 nitrogen and oxygen atoms in total. The Morgan fingerprint density at radius 1 is 1.29 bits per heavy atom. The molecule has 0 saturated carbocycles. The fourth-order valence-corrected chi connectivity index (χ4v) is 3.95. The zero-order valence-electron chi connectivity index (χ0n) is 12.4. The van der Waals surface area contributed by atoms with Gasteiger partial charge in [0.1, 0.15) is 17.7 Å². The van der Waals surface area contributed by atoms with Crippen molar-refractivity contribution in [3.63, 3.8) is 0 Å². The summed E-state index contributed by atoms with van der Waals surface area (Å²) in [6.45, 7) is 0. The first-order chi connectivity index (χ1) is 11.5. The molecule has 8 heteroatoms. The number of aliphatic carboxylic acids is 1. The molecule has 0 aromatic heterocycles. The van der Waals surface area contributed by atoms with Crippen LogP contribution in [0.4, 0.5) is 0 Å². The number of nitrogens with one attached hydrogen (secondary N) is 1. The van der Waals surface area contributed by atoms with Crippen molar-refractivity contribution in [3.05, 3.63) is 46.9 Å². The van der Waals surface area contributed by atoms with Crippen molar-refractivity contribution in [1.82, 2.24) is 10.2 Å². The monoisotopic (exact) mass is 346 g/mol. The minimum Gasteiger partial charge on any atom is -0.479 e. The van der Waals surface area contributed by atoms with Gasteiger partial charge in [-0.1, -0.05) is 30.3 Å². The molecule has 0 bridgehead atoms. The highest BCUT2D eigenvalue weighted by Gasteiger charge is 2.55. The van der Waals surface area contributed by atoms with E-state index >= 15 is 0 Å². The van der Waals surface area contributed by atoms with Crippen molar-refractivity contribution in [2.75, 3.05) is 0 Å². The number of carbonyl (C=O) groups is 4. The lowest BCUT2D eigenvalue weighted by Crippen LogP contribution is -2.74. The van der Waals surface area contributed by atoms with Crippen LogP contribution >= 0.6 is 11.8 Å². The van der Waals surface area contributed by atoms with Crippen molar-refractivity contribution < 1.29 is 24.3 Å². The van der Waals surface area contributed by atoms with Gasteiger partial charge in [-0.25, -0.2) is 4.79 Å². The SMILES string of the molecule is O=CC1=CS[C@@H]2C(NC(=O)Cc3ccccc3)C(=O)N2C1C(=O)O. The second kappa shape index (κ2) is 6.48. The van der Waals surface area contributed by atoms with Gasteiger partial charge in [-0.3, -0.25) is 14.4 Å². The fraction of sp³-hybridized carbons (Fsp3) is 0.250. The molecular weight excluding hydrogens is 332 g/mol. The van der Waals surface area contributed by atoms with E-state index in [0.29, 0.717) is 6.29 Å². The predicted molar refractivity (Wildman–Crippen MR) is 85.9 cm³/mol. The topological polar surface area (TPSA) is 104 Å². The average molecular weight is 346 g/mol. The minimum atomic E-state index is -1.29. The van der Waals surface area contributed by atoms with Crippen molar-refractivity contribution in [1.29, 1.82) is 0 Å². The normalized spacial score (nSPS) is 25.2. The molecule has 2 N–H and O–H groups in total. The van der Waals surface area contributed by atoms with Crippen LogP contribution in [0, 0.1) is 0 Å². The second-order valence-corrected chi connectivity index (χ2v) is 6.45. The number of fused-ring (bicyclic) bond motifs is 1. The van der Waals surface area contributed by atoms with Crippen molar-refractivity contribution >= 4 is 35.8 Å². The Morgan fingerprint density at radius 2 is 2.00 bits per heavy atom. The molecule has 124 valence electrons. The highest BCUT2D eigenvalue weighted by atomic mass is 32.2. The summed E-state index contributed by atoms with van der Waals surface area (Å²) in [5.74, 6) is -2.06. The molecule has 0 aliphatic carbocycles. The van der Waals surface area contributed by atoms with E-state index in [1.54, 1.807) is 0 Å². The highest BCUT2D eigenvalue weighted by molar-refractivity contribution is 8.03. The molecular formula is C16H14N2O5S. The fourth-order valence-electron chi connectivity index (χ4n) is 2.77. The first-order valence-corrected chi connectivity index (χ1v) is 8.16. The van der Waals surface area contributed by atoms with Crippen molar-refractivity contribution in [2.45, 2.75) is 23.9 Å². The highest BCUT2D eigenvalue weighted by Crippen LogP contribution is 2.39. The number of hydrogen-bond acceptors (Lipinski definition) is 5. The predicted octanol–water partition coefficient (Wildman–Crippen LogP) is 0.165. The number of hydrogen-bond donors (Lipinski definition) is 2. The maximum Gasteiger partial charge on any atom is 0.331 e. The third-order valence-corrected chi connectivity index (χ3v) is 5.10. The van der Waals surface area contributed by atoms with E-state index in [9.17, 15) is 24.3 Å². The Morgan fingerprint density at radius 3 is 2.62 bits per heavy atom. The number of carboxylic acid groups (broad SMARTS) is 1. The van der Waals surface area contributed by atoms with E-state index < -0.39 is 29.3 Å². The Kier molecular flexibility index (Phi) is 4.39. The van der Waals surface area contributed by atoms with Gasteiger partial charge in [0.25, 0.3) is 0 Å². The van der Waals surface area contributed by atoms with Gasteiger partial charge in [-0.15, -0.1) is 11.8 Å². The van der Waals surface area contributed by atoms with Crippen LogP contribution in [0.1, 0.15) is 5.56 Å². The third-order valence-electron chi connectivity index (χ3n) is 3.91. The van der Waals surface area contributed by atoms with Gasteiger partial charge in [0.15, 0.2) is 6.04 Å². The van der Waals surface area contributed by atoms with E-state index in [-0.39, 0.29) is 17.9 Å². The number of carboxylic acids is 1. The zero-order chi connectivity index (χ0) is 17.3. The van der Waals surface area contributed by atoms with Crippen LogP contribution in [0.15, 0.2) is 41.3 Å². The van der Waals surface area contributed by atoms with E-state index in [0.717, 1.165) is 22.2 Å². The summed E-state index contributed by atoms with van der Waals surface area (Å²) in [6, 6.07) is 7.03. The van der Waals surface area contributed by atoms with Gasteiger partial charge in [0.05, 0.1) is 6.42 Å². The van der Waals surface area contributed by atoms with Crippen molar-refractivity contribution in [2.24, 2.45) is 0 Å². The Balaban J connectivity index is 1.69. The lowest BCUT2D eigenvalue weighted by molar-refractivity contribution is -0.160. The van der Waals surface area contributed by atoms with E-state index in [4.69, 9.17) is 0 Å².